The molecule has 0 amide bonds. The Hall–Kier alpha value is -1.45. The summed E-state index contributed by atoms with van der Waals surface area (Å²) in [6.45, 7) is 3.92. The van der Waals surface area contributed by atoms with E-state index in [-0.39, 0.29) is 11.4 Å². The Kier molecular flexibility index (Phi) is 8.80. The summed E-state index contributed by atoms with van der Waals surface area (Å²) >= 11 is 0. The third kappa shape index (κ3) is 6.99. The van der Waals surface area contributed by atoms with Gasteiger partial charge in [0.25, 0.3) is 0 Å². The summed E-state index contributed by atoms with van der Waals surface area (Å²) in [4.78, 5) is 11.0. The second-order valence-corrected chi connectivity index (χ2v) is 4.26. The van der Waals surface area contributed by atoms with Gasteiger partial charge >= 0.3 is 5.97 Å². The first-order chi connectivity index (χ1) is 8.60. The third-order valence-corrected chi connectivity index (χ3v) is 2.90. The summed E-state index contributed by atoms with van der Waals surface area (Å²) in [5, 5.41) is 0. The molecule has 0 aromatic heterocycles. The van der Waals surface area contributed by atoms with E-state index in [0.717, 1.165) is 19.3 Å². The van der Waals surface area contributed by atoms with Crippen molar-refractivity contribution >= 4 is 5.97 Å². The van der Waals surface area contributed by atoms with Crippen LogP contribution < -0.4 is 0 Å². The molecule has 0 aromatic rings. The van der Waals surface area contributed by atoms with E-state index < -0.39 is 0 Å². The molecule has 0 bridgehead atoms. The largest absolute Gasteiger partial charge is 0.505 e. The summed E-state index contributed by atoms with van der Waals surface area (Å²) in [7, 11) is 3.22. The normalized spacial score (nSPS) is 12.0. The molecule has 104 valence electrons. The van der Waals surface area contributed by atoms with Crippen molar-refractivity contribution in [3.8, 4) is 0 Å². The summed E-state index contributed by atoms with van der Waals surface area (Å²) in [6.07, 6.45) is 9.69. The highest BCUT2D eigenvalue weighted by Crippen LogP contribution is 2.32. The molecular formula is C14H24O4. The van der Waals surface area contributed by atoms with Crippen molar-refractivity contribution < 1.29 is 19.0 Å². The van der Waals surface area contributed by atoms with Gasteiger partial charge < -0.3 is 14.2 Å². The van der Waals surface area contributed by atoms with Crippen LogP contribution in [0.25, 0.3) is 0 Å². The van der Waals surface area contributed by atoms with Gasteiger partial charge in [-0.15, -0.1) is 0 Å². The Balaban J connectivity index is 4.63. The molecule has 0 aliphatic rings. The van der Waals surface area contributed by atoms with Gasteiger partial charge in [0.1, 0.15) is 0 Å². The second-order valence-electron chi connectivity index (χ2n) is 4.26. The van der Waals surface area contributed by atoms with E-state index in [9.17, 15) is 4.79 Å². The van der Waals surface area contributed by atoms with Crippen molar-refractivity contribution in [2.75, 3.05) is 20.8 Å². The average Bonchev–Trinajstić information content (AvgIpc) is 2.36. The van der Waals surface area contributed by atoms with Gasteiger partial charge in [-0.2, -0.15) is 0 Å². The highest BCUT2D eigenvalue weighted by molar-refractivity contribution is 5.65. The van der Waals surface area contributed by atoms with Crippen LogP contribution in [0, 0.1) is 5.41 Å². The SMILES string of the molecule is CCC(C/C=C/OC)(C/C=C/OC)COC(C)=O. The van der Waals surface area contributed by atoms with Crippen LogP contribution >= 0.6 is 0 Å². The number of esters is 1. The van der Waals surface area contributed by atoms with Gasteiger partial charge in [0.2, 0.25) is 0 Å². The molecule has 0 radical (unpaired) electrons. The standard InChI is InChI=1S/C14H24O4/c1-5-14(8-6-10-16-3,9-7-11-17-4)12-18-13(2)15/h6-7,10-11H,5,8-9,12H2,1-4H3/b10-6+,11-7+. The first kappa shape index (κ1) is 16.6. The fourth-order valence-corrected chi connectivity index (χ4v) is 1.64. The number of ether oxygens (including phenoxy) is 3. The first-order valence-corrected chi connectivity index (χ1v) is 6.09. The van der Waals surface area contributed by atoms with Crippen molar-refractivity contribution in [3.63, 3.8) is 0 Å². The van der Waals surface area contributed by atoms with E-state index in [1.807, 2.05) is 12.2 Å². The molecule has 0 N–H and O–H groups in total. The summed E-state index contributed by atoms with van der Waals surface area (Å²) in [5.41, 5.74) is -0.101. The minimum absolute atomic E-state index is 0.101. The lowest BCUT2D eigenvalue weighted by Gasteiger charge is -2.29. The van der Waals surface area contributed by atoms with Crippen LogP contribution in [0.4, 0.5) is 0 Å². The lowest BCUT2D eigenvalue weighted by atomic mass is 9.79. The Labute approximate surface area is 110 Å². The van der Waals surface area contributed by atoms with Crippen molar-refractivity contribution in [1.82, 2.24) is 0 Å². The summed E-state index contributed by atoms with van der Waals surface area (Å²) < 4.78 is 15.0. The van der Waals surface area contributed by atoms with Gasteiger partial charge in [-0.25, -0.2) is 0 Å². The number of allylic oxidation sites excluding steroid dienone is 2. The van der Waals surface area contributed by atoms with Gasteiger partial charge in [-0.05, 0) is 31.4 Å². The van der Waals surface area contributed by atoms with Crippen LogP contribution in [-0.4, -0.2) is 26.8 Å². The van der Waals surface area contributed by atoms with E-state index in [2.05, 4.69) is 6.92 Å². The summed E-state index contributed by atoms with van der Waals surface area (Å²) in [6, 6.07) is 0. The second kappa shape index (κ2) is 9.57. The quantitative estimate of drug-likeness (QED) is 0.470. The zero-order chi connectivity index (χ0) is 13.9. The van der Waals surface area contributed by atoms with E-state index >= 15 is 0 Å². The number of rotatable bonds is 9. The fraction of sp³-hybridized carbons (Fsp3) is 0.643. The highest BCUT2D eigenvalue weighted by atomic mass is 16.5. The zero-order valence-corrected chi connectivity index (χ0v) is 11.8. The van der Waals surface area contributed by atoms with Crippen molar-refractivity contribution in [3.05, 3.63) is 24.7 Å². The maximum absolute atomic E-state index is 11.0. The molecule has 0 saturated carbocycles. The Morgan fingerprint density at radius 1 is 1.11 bits per heavy atom. The Bertz CT molecular complexity index is 266. The number of methoxy groups -OCH3 is 2. The molecule has 4 heteroatoms. The summed E-state index contributed by atoms with van der Waals surface area (Å²) in [5.74, 6) is -0.251. The minimum Gasteiger partial charge on any atom is -0.505 e. The Morgan fingerprint density at radius 2 is 1.61 bits per heavy atom. The Morgan fingerprint density at radius 3 is 1.94 bits per heavy atom. The maximum Gasteiger partial charge on any atom is 0.302 e. The van der Waals surface area contributed by atoms with Crippen LogP contribution in [-0.2, 0) is 19.0 Å². The van der Waals surface area contributed by atoms with Gasteiger partial charge in [0, 0.05) is 12.3 Å². The number of carbonyl (C=O) groups is 1. The van der Waals surface area contributed by atoms with Crippen LogP contribution in [0.5, 0.6) is 0 Å². The molecular weight excluding hydrogens is 232 g/mol. The van der Waals surface area contributed by atoms with E-state index in [0.29, 0.717) is 6.61 Å². The number of hydrogen-bond acceptors (Lipinski definition) is 4. The van der Waals surface area contributed by atoms with Crippen molar-refractivity contribution in [1.29, 1.82) is 0 Å². The van der Waals surface area contributed by atoms with Crippen LogP contribution in [0.3, 0.4) is 0 Å². The van der Waals surface area contributed by atoms with Gasteiger partial charge in [-0.3, -0.25) is 4.79 Å². The average molecular weight is 256 g/mol. The van der Waals surface area contributed by atoms with Crippen LogP contribution in [0.2, 0.25) is 0 Å². The van der Waals surface area contributed by atoms with E-state index in [1.165, 1.54) is 6.92 Å². The number of hydrogen-bond donors (Lipinski definition) is 0. The molecule has 4 nitrogen and oxygen atoms in total. The van der Waals surface area contributed by atoms with Crippen molar-refractivity contribution in [2.24, 2.45) is 5.41 Å². The molecule has 18 heavy (non-hydrogen) atoms. The predicted molar refractivity (Wildman–Crippen MR) is 70.9 cm³/mol. The fourth-order valence-electron chi connectivity index (χ4n) is 1.64. The topological polar surface area (TPSA) is 44.8 Å². The smallest absolute Gasteiger partial charge is 0.302 e. The van der Waals surface area contributed by atoms with Crippen molar-refractivity contribution in [2.45, 2.75) is 33.1 Å². The van der Waals surface area contributed by atoms with Gasteiger partial charge in [0.15, 0.2) is 0 Å². The molecule has 0 aliphatic heterocycles. The molecule has 0 spiro atoms. The third-order valence-electron chi connectivity index (χ3n) is 2.90. The minimum atomic E-state index is -0.251. The lowest BCUT2D eigenvalue weighted by Crippen LogP contribution is -2.26. The van der Waals surface area contributed by atoms with E-state index in [1.54, 1.807) is 26.7 Å². The van der Waals surface area contributed by atoms with Gasteiger partial charge in [0.05, 0.1) is 33.4 Å². The molecule has 0 rings (SSSR count). The van der Waals surface area contributed by atoms with Crippen LogP contribution in [0.15, 0.2) is 24.7 Å². The zero-order valence-electron chi connectivity index (χ0n) is 11.8. The number of carbonyl (C=O) groups excluding carboxylic acids is 1. The lowest BCUT2D eigenvalue weighted by molar-refractivity contribution is -0.144. The maximum atomic E-state index is 11.0. The predicted octanol–water partition coefficient (Wildman–Crippen LogP) is 3.05. The van der Waals surface area contributed by atoms with Gasteiger partial charge in [-0.1, -0.05) is 6.92 Å². The highest BCUT2D eigenvalue weighted by Gasteiger charge is 2.27. The molecule has 0 aliphatic carbocycles. The first-order valence-electron chi connectivity index (χ1n) is 6.09. The molecule has 0 unspecified atom stereocenters. The molecule has 0 aromatic carbocycles. The molecule has 0 atom stereocenters. The molecule has 0 saturated heterocycles. The monoisotopic (exact) mass is 256 g/mol. The molecule has 0 fully saturated rings. The molecule has 0 heterocycles. The van der Waals surface area contributed by atoms with E-state index in [4.69, 9.17) is 14.2 Å². The van der Waals surface area contributed by atoms with Crippen LogP contribution in [0.1, 0.15) is 33.1 Å².